The molecule has 218 valence electrons. The normalized spacial score (nSPS) is 17.6. The molecular weight excluding hydrogens is 556 g/mol. The van der Waals surface area contributed by atoms with Gasteiger partial charge in [0.05, 0.1) is 35.0 Å². The second kappa shape index (κ2) is 10.3. The Balaban J connectivity index is 1.11. The van der Waals surface area contributed by atoms with E-state index in [2.05, 4.69) is 36.3 Å². The number of amides is 2. The lowest BCUT2D eigenvalue weighted by Gasteiger charge is -2.53. The first kappa shape index (κ1) is 27.5. The van der Waals surface area contributed by atoms with Crippen molar-refractivity contribution >= 4 is 28.6 Å². The summed E-state index contributed by atoms with van der Waals surface area (Å²) in [7, 11) is 0. The van der Waals surface area contributed by atoms with Crippen LogP contribution in [0.3, 0.4) is 0 Å². The van der Waals surface area contributed by atoms with Crippen molar-refractivity contribution in [3.8, 4) is 17.3 Å². The Bertz CT molecular complexity index is 1680. The average molecular weight is 583 g/mol. The first-order valence-corrected chi connectivity index (χ1v) is 13.3. The van der Waals surface area contributed by atoms with Gasteiger partial charge in [-0.25, -0.2) is 19.2 Å². The van der Waals surface area contributed by atoms with Crippen molar-refractivity contribution in [3.63, 3.8) is 0 Å². The molecule has 6 rings (SSSR count). The van der Waals surface area contributed by atoms with E-state index in [1.54, 1.807) is 10.9 Å². The van der Waals surface area contributed by atoms with Crippen LogP contribution in [0.2, 0.25) is 0 Å². The molecule has 0 unspecified atom stereocenters. The number of piperidine rings is 1. The minimum Gasteiger partial charge on any atom is -0.382 e. The number of carbonyl (C=O) groups excluding carboxylic acids is 1. The van der Waals surface area contributed by atoms with E-state index < -0.39 is 34.8 Å². The molecule has 2 amide bonds. The molecule has 0 saturated carbocycles. The summed E-state index contributed by atoms with van der Waals surface area (Å²) < 4.78 is 55.2. The van der Waals surface area contributed by atoms with E-state index in [1.807, 2.05) is 12.3 Å². The third kappa shape index (κ3) is 4.87. The minimum atomic E-state index is -4.81. The van der Waals surface area contributed by atoms with Crippen LogP contribution in [0, 0.1) is 17.1 Å². The number of benzene rings is 1. The van der Waals surface area contributed by atoms with Gasteiger partial charge >= 0.3 is 12.2 Å². The molecule has 2 fully saturated rings. The quantitative estimate of drug-likeness (QED) is 0.299. The number of nitrogens with zero attached hydrogens (tertiary/aromatic N) is 7. The molecule has 0 bridgehead atoms. The van der Waals surface area contributed by atoms with Gasteiger partial charge in [-0.2, -0.15) is 23.5 Å². The molecule has 42 heavy (non-hydrogen) atoms. The lowest BCUT2D eigenvalue weighted by atomic mass is 9.84. The van der Waals surface area contributed by atoms with Gasteiger partial charge in [-0.05, 0) is 37.1 Å². The molecule has 2 aliphatic rings. The Morgan fingerprint density at radius 3 is 2.69 bits per heavy atom. The van der Waals surface area contributed by atoms with Gasteiger partial charge in [0.1, 0.15) is 23.3 Å². The molecule has 2 aliphatic heterocycles. The summed E-state index contributed by atoms with van der Waals surface area (Å²) >= 11 is 0. The molecule has 4 N–H and O–H groups in total. The summed E-state index contributed by atoms with van der Waals surface area (Å²) in [6.07, 6.45) is 1.64. The van der Waals surface area contributed by atoms with E-state index in [9.17, 15) is 27.6 Å². The van der Waals surface area contributed by atoms with Gasteiger partial charge in [0, 0.05) is 50.0 Å². The van der Waals surface area contributed by atoms with E-state index in [1.165, 1.54) is 11.2 Å². The topological polar surface area (TPSA) is 145 Å². The molecular formula is C27H26F4N10O. The van der Waals surface area contributed by atoms with E-state index in [0.29, 0.717) is 67.8 Å². The van der Waals surface area contributed by atoms with E-state index in [0.717, 1.165) is 17.5 Å². The average Bonchev–Trinajstić information content (AvgIpc) is 3.58. The summed E-state index contributed by atoms with van der Waals surface area (Å²) in [5.74, 6) is -0.745. The van der Waals surface area contributed by atoms with Gasteiger partial charge in [-0.15, -0.1) is 0 Å². The van der Waals surface area contributed by atoms with Crippen LogP contribution in [-0.4, -0.2) is 72.8 Å². The van der Waals surface area contributed by atoms with Crippen molar-refractivity contribution in [2.75, 3.05) is 37.2 Å². The number of nitriles is 1. The van der Waals surface area contributed by atoms with E-state index in [4.69, 9.17) is 5.73 Å². The highest BCUT2D eigenvalue weighted by atomic mass is 19.4. The van der Waals surface area contributed by atoms with Crippen LogP contribution in [0.4, 0.5) is 33.9 Å². The fraction of sp³-hybridized carbons (Fsp3) is 0.370. The Kier molecular flexibility index (Phi) is 6.72. The Hall–Kier alpha value is -4.71. The van der Waals surface area contributed by atoms with Crippen LogP contribution in [0.15, 0.2) is 43.0 Å². The summed E-state index contributed by atoms with van der Waals surface area (Å²) in [6, 6.07) is 5.72. The zero-order valence-electron chi connectivity index (χ0n) is 22.2. The zero-order valence-corrected chi connectivity index (χ0v) is 22.2. The maximum Gasteiger partial charge on any atom is 0.418 e. The molecule has 1 aromatic carbocycles. The molecule has 0 atom stereocenters. The van der Waals surface area contributed by atoms with Crippen molar-refractivity contribution in [1.82, 2.24) is 34.5 Å². The predicted octanol–water partition coefficient (Wildman–Crippen LogP) is 4.18. The highest BCUT2D eigenvalue weighted by Crippen LogP contribution is 2.39. The lowest BCUT2D eigenvalue weighted by Crippen LogP contribution is -2.66. The van der Waals surface area contributed by atoms with Crippen molar-refractivity contribution in [2.24, 2.45) is 0 Å². The van der Waals surface area contributed by atoms with Gasteiger partial charge in [0.25, 0.3) is 0 Å². The zero-order chi connectivity index (χ0) is 29.6. The largest absolute Gasteiger partial charge is 0.418 e. The highest BCUT2D eigenvalue weighted by Gasteiger charge is 2.48. The highest BCUT2D eigenvalue weighted by molar-refractivity contribution is 5.93. The first-order valence-electron chi connectivity index (χ1n) is 13.3. The molecule has 0 radical (unpaired) electrons. The molecule has 5 heterocycles. The number of hydrogen-bond donors (Lipinski definition) is 3. The maximum atomic E-state index is 13.4. The van der Waals surface area contributed by atoms with Crippen LogP contribution >= 0.6 is 0 Å². The SMILES string of the molecule is N#CCC1(n2cc(-c3ncnc4[nH]ccc34)c(N)n2)CN(C2CCN(C(=O)Nc3ccc(F)cc3C(F)(F)F)CC2)C1. The fourth-order valence-corrected chi connectivity index (χ4v) is 5.84. The number of carbonyl (C=O) groups is 1. The van der Waals surface area contributed by atoms with Crippen molar-refractivity contribution < 1.29 is 22.4 Å². The Labute approximate surface area is 236 Å². The van der Waals surface area contributed by atoms with Gasteiger partial charge in [0.15, 0.2) is 5.82 Å². The number of rotatable bonds is 5. The second-order valence-corrected chi connectivity index (χ2v) is 10.6. The number of nitrogens with one attached hydrogen (secondary N) is 2. The van der Waals surface area contributed by atoms with Crippen LogP contribution in [0.25, 0.3) is 22.3 Å². The number of halogens is 4. The molecule has 0 spiro atoms. The molecule has 11 nitrogen and oxygen atoms in total. The summed E-state index contributed by atoms with van der Waals surface area (Å²) in [5.41, 5.74) is 5.95. The van der Waals surface area contributed by atoms with Crippen LogP contribution < -0.4 is 11.1 Å². The van der Waals surface area contributed by atoms with Gasteiger partial charge in [-0.1, -0.05) is 0 Å². The molecule has 4 aromatic rings. The monoisotopic (exact) mass is 582 g/mol. The van der Waals surface area contributed by atoms with Crippen molar-refractivity contribution in [3.05, 3.63) is 54.4 Å². The van der Waals surface area contributed by atoms with Crippen molar-refractivity contribution in [2.45, 2.75) is 37.0 Å². The smallest absolute Gasteiger partial charge is 0.382 e. The third-order valence-corrected chi connectivity index (χ3v) is 8.04. The predicted molar refractivity (Wildman–Crippen MR) is 144 cm³/mol. The van der Waals surface area contributed by atoms with E-state index in [-0.39, 0.29) is 12.5 Å². The standard InChI is InChI=1S/C27H26F4N10O/c28-16-1-2-21(20(11-16)27(29,30)31)37-25(42)39-9-4-17(5-10-39)40-13-26(14-40,6-7-32)41-12-19(23(33)38-41)22-18-3-8-34-24(18)36-15-35-22/h1-3,8,11-12,15,17H,4-6,9-10,13-14H2,(H2,33,38)(H,37,42)(H,34,35,36). The number of anilines is 2. The van der Waals surface area contributed by atoms with Crippen LogP contribution in [-0.2, 0) is 11.7 Å². The number of fused-ring (bicyclic) bond motifs is 1. The van der Waals surface area contributed by atoms with E-state index >= 15 is 0 Å². The Morgan fingerprint density at radius 1 is 1.21 bits per heavy atom. The number of urea groups is 1. The van der Waals surface area contributed by atoms with Gasteiger partial charge in [-0.3, -0.25) is 9.58 Å². The summed E-state index contributed by atoms with van der Waals surface area (Å²) in [4.78, 5) is 28.1. The maximum absolute atomic E-state index is 13.4. The molecule has 2 saturated heterocycles. The number of aromatic nitrogens is 5. The first-order chi connectivity index (χ1) is 20.1. The number of alkyl halides is 3. The van der Waals surface area contributed by atoms with Gasteiger partial charge < -0.3 is 20.9 Å². The molecule has 0 aliphatic carbocycles. The molecule has 15 heteroatoms. The molecule has 3 aromatic heterocycles. The summed E-state index contributed by atoms with van der Waals surface area (Å²) in [5, 5.41) is 17.3. The third-order valence-electron chi connectivity index (χ3n) is 8.04. The lowest BCUT2D eigenvalue weighted by molar-refractivity contribution is -0.137. The van der Waals surface area contributed by atoms with Gasteiger partial charge in [0.2, 0.25) is 0 Å². The summed E-state index contributed by atoms with van der Waals surface area (Å²) in [6.45, 7) is 1.76. The fourth-order valence-electron chi connectivity index (χ4n) is 5.84. The number of hydrogen-bond acceptors (Lipinski definition) is 7. The second-order valence-electron chi connectivity index (χ2n) is 10.6. The van der Waals surface area contributed by atoms with Crippen LogP contribution in [0.5, 0.6) is 0 Å². The van der Waals surface area contributed by atoms with Crippen molar-refractivity contribution in [1.29, 1.82) is 5.26 Å². The van der Waals surface area contributed by atoms with Crippen LogP contribution in [0.1, 0.15) is 24.8 Å². The number of likely N-dealkylation sites (tertiary alicyclic amines) is 2. The minimum absolute atomic E-state index is 0.117. The Morgan fingerprint density at radius 2 is 1.98 bits per heavy atom. The number of H-pyrrole nitrogens is 1. The number of nitrogens with two attached hydrogens (primary N) is 1. The number of nitrogen functional groups attached to an aromatic ring is 1. The number of aromatic amines is 1.